The van der Waals surface area contributed by atoms with Crippen molar-refractivity contribution in [3.8, 4) is 11.5 Å². The van der Waals surface area contributed by atoms with E-state index in [-0.39, 0.29) is 29.6 Å². The van der Waals surface area contributed by atoms with Gasteiger partial charge in [0, 0.05) is 24.7 Å². The number of anilines is 2. The summed E-state index contributed by atoms with van der Waals surface area (Å²) in [6.07, 6.45) is 0.0441. The highest BCUT2D eigenvalue weighted by Gasteiger charge is 2.36. The second kappa shape index (κ2) is 7.08. The maximum absolute atomic E-state index is 14.0. The van der Waals surface area contributed by atoms with Crippen molar-refractivity contribution < 1.29 is 23.5 Å². The number of hydrogen-bond acceptors (Lipinski definition) is 4. The second-order valence-corrected chi connectivity index (χ2v) is 6.73. The molecule has 2 aromatic rings. The topological polar surface area (TPSA) is 67.9 Å². The van der Waals surface area contributed by atoms with Gasteiger partial charge in [-0.25, -0.2) is 4.39 Å². The van der Waals surface area contributed by atoms with Crippen LogP contribution in [-0.2, 0) is 9.59 Å². The summed E-state index contributed by atoms with van der Waals surface area (Å²) in [6, 6.07) is 9.59. The highest BCUT2D eigenvalue weighted by Crippen LogP contribution is 2.36. The number of nitrogens with zero attached hydrogens (tertiary/aromatic N) is 1. The van der Waals surface area contributed by atoms with Gasteiger partial charge in [-0.1, -0.05) is 17.7 Å². The fraction of sp³-hybridized carbons (Fsp3) is 0.263. The van der Waals surface area contributed by atoms with Crippen molar-refractivity contribution in [3.05, 3.63) is 47.2 Å². The van der Waals surface area contributed by atoms with E-state index in [4.69, 9.17) is 21.1 Å². The Bertz CT molecular complexity index is 921. The summed E-state index contributed by atoms with van der Waals surface area (Å²) in [5, 5.41) is 2.44. The summed E-state index contributed by atoms with van der Waals surface area (Å²) < 4.78 is 25.0. The Morgan fingerprint density at radius 1 is 1.19 bits per heavy atom. The standard InChI is InChI=1S/C19H16ClFN2O4/c20-13-2-1-3-14(18(13)21)22-19(25)11-8-17(24)23(10-11)12-4-5-15-16(9-12)27-7-6-26-15/h1-5,9,11H,6-8,10H2,(H,22,25)/t11-/m1/s1. The summed E-state index contributed by atoms with van der Waals surface area (Å²) in [4.78, 5) is 26.4. The molecule has 6 nitrogen and oxygen atoms in total. The predicted octanol–water partition coefficient (Wildman–Crippen LogP) is 3.24. The van der Waals surface area contributed by atoms with Gasteiger partial charge >= 0.3 is 0 Å². The molecule has 2 amide bonds. The van der Waals surface area contributed by atoms with Crippen molar-refractivity contribution in [2.45, 2.75) is 6.42 Å². The van der Waals surface area contributed by atoms with E-state index in [2.05, 4.69) is 5.32 Å². The van der Waals surface area contributed by atoms with Crippen molar-refractivity contribution in [3.63, 3.8) is 0 Å². The number of benzene rings is 2. The van der Waals surface area contributed by atoms with Crippen molar-refractivity contribution >= 4 is 34.8 Å². The van der Waals surface area contributed by atoms with Crippen LogP contribution in [0.1, 0.15) is 6.42 Å². The average Bonchev–Trinajstić information content (AvgIpc) is 3.07. The molecule has 0 radical (unpaired) electrons. The Labute approximate surface area is 159 Å². The summed E-state index contributed by atoms with van der Waals surface area (Å²) in [5.74, 6) is -0.699. The first-order valence-corrected chi connectivity index (χ1v) is 8.85. The number of carbonyl (C=O) groups excluding carboxylic acids is 2. The summed E-state index contributed by atoms with van der Waals surface area (Å²) in [6.45, 7) is 1.13. The zero-order valence-corrected chi connectivity index (χ0v) is 15.0. The molecule has 2 aromatic carbocycles. The Morgan fingerprint density at radius 2 is 1.96 bits per heavy atom. The van der Waals surface area contributed by atoms with Gasteiger partial charge in [-0.3, -0.25) is 9.59 Å². The number of halogens is 2. The molecular formula is C19H16ClFN2O4. The van der Waals surface area contributed by atoms with Crippen LogP contribution in [0.4, 0.5) is 15.8 Å². The molecule has 8 heteroatoms. The molecule has 1 N–H and O–H groups in total. The monoisotopic (exact) mass is 390 g/mol. The summed E-state index contributed by atoms with van der Waals surface area (Å²) in [5.41, 5.74) is 0.631. The zero-order chi connectivity index (χ0) is 19.0. The molecule has 1 saturated heterocycles. The molecule has 2 heterocycles. The smallest absolute Gasteiger partial charge is 0.229 e. The lowest BCUT2D eigenvalue weighted by molar-refractivity contribution is -0.122. The quantitative estimate of drug-likeness (QED) is 0.873. The largest absolute Gasteiger partial charge is 0.486 e. The van der Waals surface area contributed by atoms with Crippen molar-refractivity contribution in [2.24, 2.45) is 5.92 Å². The highest BCUT2D eigenvalue weighted by molar-refractivity contribution is 6.31. The lowest BCUT2D eigenvalue weighted by Gasteiger charge is -2.22. The fourth-order valence-electron chi connectivity index (χ4n) is 3.17. The number of amides is 2. The second-order valence-electron chi connectivity index (χ2n) is 6.32. The molecule has 27 heavy (non-hydrogen) atoms. The Kier molecular flexibility index (Phi) is 4.61. The average molecular weight is 391 g/mol. The Balaban J connectivity index is 1.49. The van der Waals surface area contributed by atoms with Gasteiger partial charge in [-0.05, 0) is 24.3 Å². The van der Waals surface area contributed by atoms with E-state index in [9.17, 15) is 14.0 Å². The van der Waals surface area contributed by atoms with Crippen LogP contribution < -0.4 is 19.7 Å². The maximum Gasteiger partial charge on any atom is 0.229 e. The summed E-state index contributed by atoms with van der Waals surface area (Å²) in [7, 11) is 0. The van der Waals surface area contributed by atoms with Gasteiger partial charge in [-0.15, -0.1) is 0 Å². The number of carbonyl (C=O) groups is 2. The van der Waals surface area contributed by atoms with E-state index < -0.39 is 17.6 Å². The third-order valence-electron chi connectivity index (χ3n) is 4.54. The van der Waals surface area contributed by atoms with Crippen LogP contribution in [0.3, 0.4) is 0 Å². The first-order valence-electron chi connectivity index (χ1n) is 8.48. The number of rotatable bonds is 3. The molecule has 1 atom stereocenters. The number of ether oxygens (including phenoxy) is 2. The van der Waals surface area contributed by atoms with E-state index >= 15 is 0 Å². The van der Waals surface area contributed by atoms with Gasteiger partial charge in [0.05, 0.1) is 16.6 Å². The molecular weight excluding hydrogens is 375 g/mol. The van der Waals surface area contributed by atoms with Gasteiger partial charge in [-0.2, -0.15) is 0 Å². The zero-order valence-electron chi connectivity index (χ0n) is 14.2. The van der Waals surface area contributed by atoms with Crippen LogP contribution in [0.2, 0.25) is 5.02 Å². The van der Waals surface area contributed by atoms with Crippen LogP contribution in [0.15, 0.2) is 36.4 Å². The van der Waals surface area contributed by atoms with Crippen LogP contribution in [0.5, 0.6) is 11.5 Å². The SMILES string of the molecule is O=C(Nc1cccc(Cl)c1F)[C@@H]1CC(=O)N(c2ccc3c(c2)OCCO3)C1. The highest BCUT2D eigenvalue weighted by atomic mass is 35.5. The number of hydrogen-bond donors (Lipinski definition) is 1. The summed E-state index contributed by atoms with van der Waals surface area (Å²) >= 11 is 5.73. The van der Waals surface area contributed by atoms with Crippen LogP contribution >= 0.6 is 11.6 Å². The van der Waals surface area contributed by atoms with E-state index in [0.29, 0.717) is 30.4 Å². The lowest BCUT2D eigenvalue weighted by atomic mass is 10.1. The van der Waals surface area contributed by atoms with Crippen molar-refractivity contribution in [1.29, 1.82) is 0 Å². The molecule has 2 aliphatic rings. The van der Waals surface area contributed by atoms with Gasteiger partial charge in [0.25, 0.3) is 0 Å². The number of fused-ring (bicyclic) bond motifs is 1. The first kappa shape index (κ1) is 17.6. The third-order valence-corrected chi connectivity index (χ3v) is 4.83. The molecule has 140 valence electrons. The Hall–Kier alpha value is -2.80. The first-order chi connectivity index (χ1) is 13.0. The lowest BCUT2D eigenvalue weighted by Crippen LogP contribution is -2.28. The van der Waals surface area contributed by atoms with E-state index in [1.54, 1.807) is 24.3 Å². The Morgan fingerprint density at radius 3 is 2.78 bits per heavy atom. The minimum absolute atomic E-state index is 0.00210. The minimum atomic E-state index is -0.694. The molecule has 1 fully saturated rings. The van der Waals surface area contributed by atoms with Crippen molar-refractivity contribution in [2.75, 3.05) is 30.0 Å². The van der Waals surface area contributed by atoms with Crippen molar-refractivity contribution in [1.82, 2.24) is 0 Å². The molecule has 0 bridgehead atoms. The number of nitrogens with one attached hydrogen (secondary N) is 1. The van der Waals surface area contributed by atoms with Gasteiger partial charge < -0.3 is 19.7 Å². The molecule has 0 spiro atoms. The predicted molar refractivity (Wildman–Crippen MR) is 97.9 cm³/mol. The normalized spacial score (nSPS) is 18.5. The third kappa shape index (κ3) is 3.42. The van der Waals surface area contributed by atoms with E-state index in [1.165, 1.54) is 17.0 Å². The van der Waals surface area contributed by atoms with Gasteiger partial charge in [0.2, 0.25) is 11.8 Å². The minimum Gasteiger partial charge on any atom is -0.486 e. The molecule has 0 aliphatic carbocycles. The molecule has 4 rings (SSSR count). The molecule has 2 aliphatic heterocycles. The fourth-order valence-corrected chi connectivity index (χ4v) is 3.34. The van der Waals surface area contributed by atoms with Gasteiger partial charge in [0.1, 0.15) is 13.2 Å². The molecule has 0 saturated carbocycles. The van der Waals surface area contributed by atoms with E-state index in [0.717, 1.165) is 0 Å². The van der Waals surface area contributed by atoms with Crippen LogP contribution in [0.25, 0.3) is 0 Å². The van der Waals surface area contributed by atoms with E-state index in [1.807, 2.05) is 0 Å². The molecule has 0 unspecified atom stereocenters. The van der Waals surface area contributed by atoms with Gasteiger partial charge in [0.15, 0.2) is 17.3 Å². The molecule has 0 aromatic heterocycles. The maximum atomic E-state index is 14.0. The van der Waals surface area contributed by atoms with Crippen LogP contribution in [0, 0.1) is 11.7 Å². The van der Waals surface area contributed by atoms with Crippen LogP contribution in [-0.4, -0.2) is 31.6 Å².